The summed E-state index contributed by atoms with van der Waals surface area (Å²) in [6.45, 7) is 1.16. The van der Waals surface area contributed by atoms with Crippen molar-refractivity contribution in [3.8, 4) is 0 Å². The third-order valence-corrected chi connectivity index (χ3v) is 4.81. The minimum absolute atomic E-state index is 0.215. The molecule has 3 rings (SSSR count). The summed E-state index contributed by atoms with van der Waals surface area (Å²) in [7, 11) is 0. The average molecular weight is 213 g/mol. The third kappa shape index (κ3) is 1.32. The fraction of sp³-hybridized carbons (Fsp3) is 1.00. The van der Waals surface area contributed by atoms with Crippen LogP contribution in [-0.4, -0.2) is 30.0 Å². The second-order valence-corrected chi connectivity index (χ2v) is 5.69. The molecule has 14 heavy (non-hydrogen) atoms. The molecule has 4 N–H and O–H groups in total. The number of rotatable bonds is 0. The van der Waals surface area contributed by atoms with E-state index in [2.05, 4.69) is 10.6 Å². The van der Waals surface area contributed by atoms with Gasteiger partial charge >= 0.3 is 0 Å². The van der Waals surface area contributed by atoms with Gasteiger partial charge in [-0.1, -0.05) is 0 Å². The van der Waals surface area contributed by atoms with Crippen LogP contribution in [0.1, 0.15) is 19.3 Å². The monoisotopic (exact) mass is 213 g/mol. The summed E-state index contributed by atoms with van der Waals surface area (Å²) in [5.41, 5.74) is 5.96. The Morgan fingerprint density at radius 3 is 2.93 bits per heavy atom. The van der Waals surface area contributed by atoms with Crippen molar-refractivity contribution in [2.75, 3.05) is 6.54 Å². The van der Waals surface area contributed by atoms with Gasteiger partial charge in [-0.15, -0.1) is 0 Å². The number of nitrogens with one attached hydrogen (secondary N) is 2. The zero-order chi connectivity index (χ0) is 9.71. The highest BCUT2D eigenvalue weighted by Crippen LogP contribution is 2.41. The van der Waals surface area contributed by atoms with Crippen molar-refractivity contribution in [1.82, 2.24) is 10.6 Å². The molecule has 0 bridgehead atoms. The number of nitrogens with two attached hydrogens (primary N) is 1. The summed E-state index contributed by atoms with van der Waals surface area (Å²) >= 11 is 4.74. The number of thiol groups is 1. The molecule has 1 saturated carbocycles. The molecule has 4 heteroatoms. The lowest BCUT2D eigenvalue weighted by Gasteiger charge is -2.39. The largest absolute Gasteiger partial charge is 0.316 e. The molecular weight excluding hydrogens is 194 g/mol. The molecule has 2 heterocycles. The van der Waals surface area contributed by atoms with E-state index < -0.39 is 0 Å². The van der Waals surface area contributed by atoms with Gasteiger partial charge in [-0.25, -0.2) is 0 Å². The molecule has 0 amide bonds. The maximum atomic E-state index is 5.96. The first-order valence-corrected chi connectivity index (χ1v) is 6.20. The highest BCUT2D eigenvalue weighted by atomic mass is 32.1. The van der Waals surface area contributed by atoms with Crippen LogP contribution < -0.4 is 16.4 Å². The molecular formula is C10H19N3S. The minimum atomic E-state index is 0.215. The topological polar surface area (TPSA) is 50.1 Å². The maximum Gasteiger partial charge on any atom is 0.0552 e. The smallest absolute Gasteiger partial charge is 0.0552 e. The summed E-state index contributed by atoms with van der Waals surface area (Å²) in [6.07, 6.45) is 3.88. The Bertz CT molecular complexity index is 235. The molecule has 0 radical (unpaired) electrons. The minimum Gasteiger partial charge on any atom is -0.316 e. The van der Waals surface area contributed by atoms with Crippen LogP contribution in [0.25, 0.3) is 0 Å². The first-order chi connectivity index (χ1) is 6.75. The van der Waals surface area contributed by atoms with Gasteiger partial charge < -0.3 is 11.1 Å². The van der Waals surface area contributed by atoms with Gasteiger partial charge in [0.15, 0.2) is 0 Å². The Morgan fingerprint density at radius 2 is 2.07 bits per heavy atom. The molecule has 0 aromatic rings. The second kappa shape index (κ2) is 3.37. The molecule has 3 nitrogen and oxygen atoms in total. The summed E-state index contributed by atoms with van der Waals surface area (Å²) in [4.78, 5) is 0. The Labute approximate surface area is 90.6 Å². The lowest BCUT2D eigenvalue weighted by Crippen LogP contribution is -2.54. The molecule has 6 atom stereocenters. The fourth-order valence-corrected chi connectivity index (χ4v) is 4.23. The van der Waals surface area contributed by atoms with E-state index in [0.717, 1.165) is 24.8 Å². The molecule has 80 valence electrons. The van der Waals surface area contributed by atoms with Gasteiger partial charge in [0.1, 0.15) is 0 Å². The van der Waals surface area contributed by atoms with Gasteiger partial charge in [-0.3, -0.25) is 5.32 Å². The molecule has 0 spiro atoms. The molecule has 3 fully saturated rings. The molecule has 2 aliphatic heterocycles. The lowest BCUT2D eigenvalue weighted by molar-refractivity contribution is 0.226. The Kier molecular flexibility index (Phi) is 2.28. The van der Waals surface area contributed by atoms with Gasteiger partial charge in [0.2, 0.25) is 0 Å². The summed E-state index contributed by atoms with van der Waals surface area (Å²) in [5.74, 6) is 1.51. The zero-order valence-corrected chi connectivity index (χ0v) is 9.21. The summed E-state index contributed by atoms with van der Waals surface area (Å²) < 4.78 is 0. The van der Waals surface area contributed by atoms with Gasteiger partial charge in [-0.05, 0) is 37.6 Å². The van der Waals surface area contributed by atoms with E-state index >= 15 is 0 Å². The van der Waals surface area contributed by atoms with Crippen LogP contribution >= 0.6 is 12.6 Å². The van der Waals surface area contributed by atoms with Crippen LogP contribution in [0.5, 0.6) is 0 Å². The molecule has 2 saturated heterocycles. The Balaban J connectivity index is 1.82. The quantitative estimate of drug-likeness (QED) is 0.426. The normalized spacial score (nSPS) is 57.0. The standard InChI is InChI=1S/C10H19N3S/c11-8-4-5-3-7(14)6-1-2-12-10(6)9(5)13-8/h5-10,12-14H,1-4,11H2. The highest BCUT2D eigenvalue weighted by molar-refractivity contribution is 7.81. The molecule has 6 unspecified atom stereocenters. The summed E-state index contributed by atoms with van der Waals surface area (Å²) in [6, 6.07) is 1.24. The predicted molar refractivity (Wildman–Crippen MR) is 60.3 cm³/mol. The second-order valence-electron chi connectivity index (χ2n) is 5.03. The maximum absolute atomic E-state index is 5.96. The highest BCUT2D eigenvalue weighted by Gasteiger charge is 2.48. The first-order valence-electron chi connectivity index (χ1n) is 5.69. The van der Waals surface area contributed by atoms with E-state index in [-0.39, 0.29) is 6.17 Å². The van der Waals surface area contributed by atoms with Gasteiger partial charge in [0.05, 0.1) is 6.17 Å². The van der Waals surface area contributed by atoms with E-state index in [0.29, 0.717) is 17.3 Å². The fourth-order valence-electron chi connectivity index (χ4n) is 3.62. The van der Waals surface area contributed by atoms with E-state index in [1.807, 2.05) is 0 Å². The van der Waals surface area contributed by atoms with Crippen molar-refractivity contribution >= 4 is 12.6 Å². The van der Waals surface area contributed by atoms with E-state index in [9.17, 15) is 0 Å². The van der Waals surface area contributed by atoms with E-state index in [4.69, 9.17) is 18.4 Å². The predicted octanol–water partition coefficient (Wildman–Crippen LogP) is -0.0705. The van der Waals surface area contributed by atoms with E-state index in [1.54, 1.807) is 0 Å². The summed E-state index contributed by atoms with van der Waals surface area (Å²) in [5, 5.41) is 7.73. The number of fused-ring (bicyclic) bond motifs is 3. The van der Waals surface area contributed by atoms with Gasteiger partial charge in [0.25, 0.3) is 0 Å². The third-order valence-electron chi connectivity index (χ3n) is 4.22. The van der Waals surface area contributed by atoms with Crippen LogP contribution in [0.4, 0.5) is 0 Å². The van der Waals surface area contributed by atoms with Crippen molar-refractivity contribution in [1.29, 1.82) is 0 Å². The average Bonchev–Trinajstić information content (AvgIpc) is 2.69. The van der Waals surface area contributed by atoms with Crippen molar-refractivity contribution in [3.63, 3.8) is 0 Å². The van der Waals surface area contributed by atoms with Crippen molar-refractivity contribution in [2.45, 2.75) is 42.8 Å². The van der Waals surface area contributed by atoms with Crippen molar-refractivity contribution < 1.29 is 0 Å². The van der Waals surface area contributed by atoms with Crippen LogP contribution in [0.3, 0.4) is 0 Å². The molecule has 1 aliphatic carbocycles. The zero-order valence-electron chi connectivity index (χ0n) is 8.32. The van der Waals surface area contributed by atoms with Gasteiger partial charge in [-0.2, -0.15) is 12.6 Å². The molecule has 0 aromatic heterocycles. The SMILES string of the molecule is NC1CC2CC(S)C3CCNC3C2N1. The van der Waals surface area contributed by atoms with Crippen LogP contribution in [-0.2, 0) is 0 Å². The molecule has 0 aromatic carbocycles. The number of hydrogen-bond donors (Lipinski definition) is 4. The van der Waals surface area contributed by atoms with Crippen LogP contribution in [0.2, 0.25) is 0 Å². The van der Waals surface area contributed by atoms with Gasteiger partial charge in [0, 0.05) is 17.3 Å². The Morgan fingerprint density at radius 1 is 1.21 bits per heavy atom. The first kappa shape index (κ1) is 9.46. The Hall–Kier alpha value is 0.230. The van der Waals surface area contributed by atoms with Crippen LogP contribution in [0, 0.1) is 11.8 Å². The lowest BCUT2D eigenvalue weighted by atomic mass is 9.75. The van der Waals surface area contributed by atoms with Crippen LogP contribution in [0.15, 0.2) is 0 Å². The molecule has 3 aliphatic rings. The van der Waals surface area contributed by atoms with Crippen molar-refractivity contribution in [3.05, 3.63) is 0 Å². The number of hydrogen-bond acceptors (Lipinski definition) is 4. The van der Waals surface area contributed by atoms with Crippen molar-refractivity contribution in [2.24, 2.45) is 17.6 Å². The van der Waals surface area contributed by atoms with E-state index in [1.165, 1.54) is 12.8 Å².